The van der Waals surface area contributed by atoms with Crippen LogP contribution in [0.3, 0.4) is 0 Å². The minimum atomic E-state index is -4.04. The van der Waals surface area contributed by atoms with Gasteiger partial charge in [0, 0.05) is 4.47 Å². The van der Waals surface area contributed by atoms with Gasteiger partial charge < -0.3 is 4.74 Å². The summed E-state index contributed by atoms with van der Waals surface area (Å²) in [4.78, 5) is 11.2. The highest BCUT2D eigenvalue weighted by molar-refractivity contribution is 9.10. The van der Waals surface area contributed by atoms with E-state index in [2.05, 4.69) is 25.4 Å². The normalized spacial score (nSPS) is 12.9. The second-order valence-corrected chi connectivity index (χ2v) is 6.82. The van der Waals surface area contributed by atoms with Crippen molar-refractivity contribution in [3.8, 4) is 0 Å². The number of benzene rings is 1. The summed E-state index contributed by atoms with van der Waals surface area (Å²) < 4.78 is 43.4. The molecule has 0 bridgehead atoms. The minimum Gasteiger partial charge on any atom is -0.468 e. The van der Waals surface area contributed by atoms with Crippen molar-refractivity contribution in [3.63, 3.8) is 0 Å². The Morgan fingerprint density at radius 2 is 2.11 bits per heavy atom. The first-order valence-corrected chi connectivity index (χ1v) is 7.64. The Balaban J connectivity index is 3.13. The first-order valence-electron chi connectivity index (χ1n) is 4.93. The van der Waals surface area contributed by atoms with Crippen molar-refractivity contribution < 1.29 is 22.3 Å². The fourth-order valence-electron chi connectivity index (χ4n) is 1.16. The molecular weight excluding hydrogens is 365 g/mol. The van der Waals surface area contributed by atoms with E-state index in [1.54, 1.807) is 0 Å². The molecule has 1 aromatic rings. The molecule has 0 saturated heterocycles. The van der Waals surface area contributed by atoms with Gasteiger partial charge in [0.15, 0.2) is 5.25 Å². The van der Waals surface area contributed by atoms with Gasteiger partial charge in [0.1, 0.15) is 5.82 Å². The van der Waals surface area contributed by atoms with Gasteiger partial charge in [-0.25, -0.2) is 12.8 Å². The lowest BCUT2D eigenvalue weighted by atomic mass is 10.3. The summed E-state index contributed by atoms with van der Waals surface area (Å²) in [7, 11) is -2.97. The molecule has 0 aromatic heterocycles. The number of ether oxygens (including phenoxy) is 1. The van der Waals surface area contributed by atoms with Gasteiger partial charge in [0.2, 0.25) is 10.0 Å². The maximum atomic E-state index is 13.0. The highest BCUT2D eigenvalue weighted by Gasteiger charge is 2.30. The van der Waals surface area contributed by atoms with Gasteiger partial charge in [-0.1, -0.05) is 11.6 Å². The summed E-state index contributed by atoms with van der Waals surface area (Å²) in [6, 6.07) is 2.00. The van der Waals surface area contributed by atoms with Gasteiger partial charge in [-0.2, -0.15) is 0 Å². The molecular formula is C10H10BrClFNO4S. The highest BCUT2D eigenvalue weighted by Crippen LogP contribution is 2.32. The lowest BCUT2D eigenvalue weighted by Gasteiger charge is -2.15. The summed E-state index contributed by atoms with van der Waals surface area (Å²) in [6.45, 7) is 1.17. The first-order chi connectivity index (χ1) is 8.69. The average Bonchev–Trinajstić information content (AvgIpc) is 2.31. The zero-order chi connectivity index (χ0) is 14.8. The Hall–Kier alpha value is -0.860. The molecule has 9 heteroatoms. The number of carbonyl (C=O) groups excluding carboxylic acids is 1. The van der Waals surface area contributed by atoms with E-state index in [4.69, 9.17) is 11.6 Å². The lowest BCUT2D eigenvalue weighted by Crippen LogP contribution is -2.33. The van der Waals surface area contributed by atoms with Gasteiger partial charge in [-0.05, 0) is 35.0 Å². The predicted molar refractivity (Wildman–Crippen MR) is 73.1 cm³/mol. The van der Waals surface area contributed by atoms with Gasteiger partial charge in [0.25, 0.3) is 0 Å². The van der Waals surface area contributed by atoms with Gasteiger partial charge >= 0.3 is 5.97 Å². The molecule has 1 aromatic carbocycles. The van der Waals surface area contributed by atoms with Crippen LogP contribution in [0.25, 0.3) is 0 Å². The average molecular weight is 375 g/mol. The van der Waals surface area contributed by atoms with Crippen LogP contribution in [0.1, 0.15) is 6.92 Å². The Kier molecular flexibility index (Phi) is 5.17. The van der Waals surface area contributed by atoms with Crippen LogP contribution in [0.15, 0.2) is 16.6 Å². The smallest absolute Gasteiger partial charge is 0.325 e. The molecule has 0 heterocycles. The fraction of sp³-hybridized carbons (Fsp3) is 0.300. The van der Waals surface area contributed by atoms with Crippen LogP contribution in [0, 0.1) is 5.82 Å². The number of hydrogen-bond acceptors (Lipinski definition) is 4. The zero-order valence-electron chi connectivity index (χ0n) is 9.91. The highest BCUT2D eigenvalue weighted by atomic mass is 79.9. The van der Waals surface area contributed by atoms with Crippen LogP contribution in [0.4, 0.5) is 10.1 Å². The van der Waals surface area contributed by atoms with Crippen LogP contribution >= 0.6 is 27.5 Å². The molecule has 19 heavy (non-hydrogen) atoms. The molecule has 1 rings (SSSR count). The number of nitrogens with one attached hydrogen (secondary N) is 1. The van der Waals surface area contributed by atoms with Crippen LogP contribution in [-0.4, -0.2) is 26.7 Å². The van der Waals surface area contributed by atoms with E-state index in [9.17, 15) is 17.6 Å². The molecule has 0 saturated carbocycles. The molecule has 0 aliphatic carbocycles. The van der Waals surface area contributed by atoms with Crippen LogP contribution < -0.4 is 4.72 Å². The SMILES string of the molecule is COC(=O)C(C)S(=O)(=O)Nc1c(Cl)cc(F)cc1Br. The van der Waals surface area contributed by atoms with Gasteiger partial charge in [0.05, 0.1) is 17.8 Å². The number of rotatable bonds is 4. The van der Waals surface area contributed by atoms with Crippen molar-refractivity contribution in [2.24, 2.45) is 0 Å². The van der Waals surface area contributed by atoms with E-state index in [0.717, 1.165) is 19.2 Å². The topological polar surface area (TPSA) is 72.5 Å². The zero-order valence-corrected chi connectivity index (χ0v) is 13.1. The number of hydrogen-bond donors (Lipinski definition) is 1. The Bertz CT molecular complexity index is 585. The molecule has 0 radical (unpaired) electrons. The van der Waals surface area contributed by atoms with Gasteiger partial charge in [-0.15, -0.1) is 0 Å². The Labute approximate surface area is 123 Å². The number of esters is 1. The van der Waals surface area contributed by atoms with Crippen molar-refractivity contribution in [3.05, 3.63) is 27.4 Å². The summed E-state index contributed by atoms with van der Waals surface area (Å²) in [5.41, 5.74) is -0.0428. The van der Waals surface area contributed by atoms with E-state index in [1.807, 2.05) is 0 Å². The van der Waals surface area contributed by atoms with E-state index < -0.39 is 27.1 Å². The van der Waals surface area contributed by atoms with Crippen molar-refractivity contribution >= 4 is 49.2 Å². The monoisotopic (exact) mass is 373 g/mol. The van der Waals surface area contributed by atoms with E-state index in [1.165, 1.54) is 6.92 Å². The van der Waals surface area contributed by atoms with Crippen LogP contribution in [0.2, 0.25) is 5.02 Å². The number of methoxy groups -OCH3 is 1. The summed E-state index contributed by atoms with van der Waals surface area (Å²) in [6.07, 6.45) is 0. The molecule has 0 aliphatic heterocycles. The predicted octanol–water partition coefficient (Wildman–Crippen LogP) is 2.54. The first kappa shape index (κ1) is 16.2. The van der Waals surface area contributed by atoms with Gasteiger partial charge in [-0.3, -0.25) is 9.52 Å². The molecule has 106 valence electrons. The number of sulfonamides is 1. The molecule has 0 amide bonds. The van der Waals surface area contributed by atoms with E-state index >= 15 is 0 Å². The lowest BCUT2D eigenvalue weighted by molar-refractivity contribution is -0.139. The van der Waals surface area contributed by atoms with Crippen molar-refractivity contribution in [2.75, 3.05) is 11.8 Å². The number of carbonyl (C=O) groups is 1. The van der Waals surface area contributed by atoms with Crippen molar-refractivity contribution in [1.82, 2.24) is 0 Å². The summed E-state index contributed by atoms with van der Waals surface area (Å²) in [5.74, 6) is -1.54. The van der Waals surface area contributed by atoms with Crippen LogP contribution in [0.5, 0.6) is 0 Å². The molecule has 1 N–H and O–H groups in total. The Morgan fingerprint density at radius 1 is 1.53 bits per heavy atom. The largest absolute Gasteiger partial charge is 0.468 e. The van der Waals surface area contributed by atoms with E-state index in [-0.39, 0.29) is 15.2 Å². The minimum absolute atomic E-state index is 0.0428. The summed E-state index contributed by atoms with van der Waals surface area (Å²) >= 11 is 8.73. The molecule has 5 nitrogen and oxygen atoms in total. The quantitative estimate of drug-likeness (QED) is 0.822. The number of halogens is 3. The second-order valence-electron chi connectivity index (χ2n) is 3.56. The third-order valence-electron chi connectivity index (χ3n) is 2.25. The van der Waals surface area contributed by atoms with Crippen molar-refractivity contribution in [2.45, 2.75) is 12.2 Å². The maximum Gasteiger partial charge on any atom is 0.325 e. The van der Waals surface area contributed by atoms with E-state index in [0.29, 0.717) is 0 Å². The molecule has 0 spiro atoms. The molecule has 1 unspecified atom stereocenters. The Morgan fingerprint density at radius 3 is 2.58 bits per heavy atom. The van der Waals surface area contributed by atoms with Crippen molar-refractivity contribution in [1.29, 1.82) is 0 Å². The molecule has 0 aliphatic rings. The maximum absolute atomic E-state index is 13.0. The second kappa shape index (κ2) is 6.06. The third-order valence-corrected chi connectivity index (χ3v) is 4.79. The van der Waals surface area contributed by atoms with Crippen LogP contribution in [-0.2, 0) is 19.6 Å². The summed E-state index contributed by atoms with van der Waals surface area (Å²) in [5, 5.41) is -1.56. The third kappa shape index (κ3) is 3.80. The fourth-order valence-corrected chi connectivity index (χ4v) is 3.28. The molecule has 0 fully saturated rings. The standard InChI is InChI=1S/C10H10BrClFNO4S/c1-5(10(15)18-2)19(16,17)14-9-7(11)3-6(13)4-8(9)12/h3-5,14H,1-2H3. The molecule has 1 atom stereocenters. The number of anilines is 1.